The number of hydrogen-bond acceptors (Lipinski definition) is 3. The fourth-order valence-electron chi connectivity index (χ4n) is 1.67. The third-order valence-electron chi connectivity index (χ3n) is 2.41. The second kappa shape index (κ2) is 5.35. The first-order chi connectivity index (χ1) is 7.88. The van der Waals surface area contributed by atoms with Crippen LogP contribution in [0.4, 0.5) is 0 Å². The third kappa shape index (κ3) is 2.88. The Morgan fingerprint density at radius 1 is 1.47 bits per heavy atom. The van der Waals surface area contributed by atoms with Crippen LogP contribution in [0, 0.1) is 5.92 Å². The number of carboxylic acid groups (broad SMARTS) is 1. The SMILES string of the molecule is COC(=O)C(C(C)C)n1cc(Br)cc1C(=O)O. The summed E-state index contributed by atoms with van der Waals surface area (Å²) in [4.78, 5) is 22.8. The highest BCUT2D eigenvalue weighted by atomic mass is 79.9. The minimum Gasteiger partial charge on any atom is -0.477 e. The number of esters is 1. The minimum absolute atomic E-state index is 0.0565. The van der Waals surface area contributed by atoms with Crippen molar-refractivity contribution in [3.05, 3.63) is 22.4 Å². The summed E-state index contributed by atoms with van der Waals surface area (Å²) in [6.07, 6.45) is 1.57. The molecule has 1 aromatic heterocycles. The standard InChI is InChI=1S/C11H14BrNO4/c1-6(2)9(11(16)17-3)13-5-7(12)4-8(13)10(14)15/h4-6,9H,1-3H3,(H,14,15). The quantitative estimate of drug-likeness (QED) is 0.867. The molecule has 0 radical (unpaired) electrons. The van der Waals surface area contributed by atoms with Crippen molar-refractivity contribution in [1.29, 1.82) is 0 Å². The van der Waals surface area contributed by atoms with E-state index in [1.807, 2.05) is 13.8 Å². The fourth-order valence-corrected chi connectivity index (χ4v) is 2.11. The van der Waals surface area contributed by atoms with Crippen molar-refractivity contribution in [3.63, 3.8) is 0 Å². The van der Waals surface area contributed by atoms with Crippen molar-refractivity contribution in [2.75, 3.05) is 7.11 Å². The average molecular weight is 304 g/mol. The lowest BCUT2D eigenvalue weighted by Crippen LogP contribution is -2.27. The Morgan fingerprint density at radius 2 is 2.06 bits per heavy atom. The van der Waals surface area contributed by atoms with Crippen LogP contribution < -0.4 is 0 Å². The number of hydrogen-bond donors (Lipinski definition) is 1. The van der Waals surface area contributed by atoms with Crippen molar-refractivity contribution in [2.24, 2.45) is 5.92 Å². The molecule has 1 atom stereocenters. The molecule has 1 unspecified atom stereocenters. The Morgan fingerprint density at radius 3 is 2.47 bits per heavy atom. The van der Waals surface area contributed by atoms with E-state index in [0.717, 1.165) is 0 Å². The zero-order valence-electron chi connectivity index (χ0n) is 9.81. The molecule has 0 fully saturated rings. The van der Waals surface area contributed by atoms with E-state index in [4.69, 9.17) is 9.84 Å². The van der Waals surface area contributed by atoms with E-state index < -0.39 is 18.0 Å². The largest absolute Gasteiger partial charge is 0.477 e. The first kappa shape index (κ1) is 13.8. The molecule has 0 aliphatic rings. The van der Waals surface area contributed by atoms with Crippen LogP contribution in [0.2, 0.25) is 0 Å². The summed E-state index contributed by atoms with van der Waals surface area (Å²) in [7, 11) is 1.29. The molecule has 1 aromatic rings. The van der Waals surface area contributed by atoms with Gasteiger partial charge >= 0.3 is 11.9 Å². The number of aromatic nitrogens is 1. The van der Waals surface area contributed by atoms with Gasteiger partial charge in [0.1, 0.15) is 11.7 Å². The number of carboxylic acids is 1. The van der Waals surface area contributed by atoms with Crippen LogP contribution in [-0.4, -0.2) is 28.7 Å². The number of ether oxygens (including phenoxy) is 1. The smallest absolute Gasteiger partial charge is 0.352 e. The number of carbonyl (C=O) groups is 2. The monoisotopic (exact) mass is 303 g/mol. The van der Waals surface area contributed by atoms with Gasteiger partial charge in [0.05, 0.1) is 7.11 Å². The summed E-state index contributed by atoms with van der Waals surface area (Å²) in [6, 6.07) is 0.818. The Labute approximate surface area is 108 Å². The molecular formula is C11H14BrNO4. The van der Waals surface area contributed by atoms with Gasteiger partial charge in [-0.3, -0.25) is 0 Å². The van der Waals surface area contributed by atoms with Gasteiger partial charge in [0.15, 0.2) is 0 Å². The lowest BCUT2D eigenvalue weighted by molar-refractivity contribution is -0.146. The normalized spacial score (nSPS) is 12.5. The first-order valence-electron chi connectivity index (χ1n) is 5.07. The van der Waals surface area contributed by atoms with E-state index in [1.54, 1.807) is 6.20 Å². The number of aromatic carboxylic acids is 1. The van der Waals surface area contributed by atoms with Gasteiger partial charge in [0.25, 0.3) is 0 Å². The number of rotatable bonds is 4. The summed E-state index contributed by atoms with van der Waals surface area (Å²) in [5.41, 5.74) is 0.0565. The van der Waals surface area contributed by atoms with Crippen LogP contribution in [-0.2, 0) is 9.53 Å². The van der Waals surface area contributed by atoms with E-state index in [2.05, 4.69) is 15.9 Å². The van der Waals surface area contributed by atoms with E-state index in [0.29, 0.717) is 4.47 Å². The maximum Gasteiger partial charge on any atom is 0.352 e. The molecule has 0 saturated heterocycles. The van der Waals surface area contributed by atoms with Gasteiger partial charge in [0, 0.05) is 10.7 Å². The number of halogens is 1. The summed E-state index contributed by atoms with van der Waals surface area (Å²) >= 11 is 3.20. The summed E-state index contributed by atoms with van der Waals surface area (Å²) in [6.45, 7) is 3.67. The molecule has 0 aliphatic heterocycles. The van der Waals surface area contributed by atoms with E-state index in [1.165, 1.54) is 17.7 Å². The molecular weight excluding hydrogens is 290 g/mol. The molecule has 1 heterocycles. The highest BCUT2D eigenvalue weighted by Gasteiger charge is 2.28. The van der Waals surface area contributed by atoms with Crippen molar-refractivity contribution in [1.82, 2.24) is 4.57 Å². The highest BCUT2D eigenvalue weighted by Crippen LogP contribution is 2.25. The summed E-state index contributed by atoms with van der Waals surface area (Å²) in [5, 5.41) is 9.07. The van der Waals surface area contributed by atoms with Gasteiger partial charge in [-0.15, -0.1) is 0 Å². The molecule has 6 heteroatoms. The maximum atomic E-state index is 11.7. The van der Waals surface area contributed by atoms with E-state index in [9.17, 15) is 9.59 Å². The zero-order chi connectivity index (χ0) is 13.2. The minimum atomic E-state index is -1.08. The Hall–Kier alpha value is -1.30. The van der Waals surface area contributed by atoms with E-state index >= 15 is 0 Å². The summed E-state index contributed by atoms with van der Waals surface area (Å²) < 4.78 is 6.74. The molecule has 1 N–H and O–H groups in total. The Bertz CT molecular complexity index is 439. The molecule has 0 saturated carbocycles. The van der Waals surface area contributed by atoms with Crippen LogP contribution in [0.5, 0.6) is 0 Å². The summed E-state index contributed by atoms with van der Waals surface area (Å²) in [5.74, 6) is -1.60. The van der Waals surface area contributed by atoms with Crippen molar-refractivity contribution in [2.45, 2.75) is 19.9 Å². The maximum absolute atomic E-state index is 11.7. The lowest BCUT2D eigenvalue weighted by atomic mass is 10.0. The molecule has 0 spiro atoms. The number of methoxy groups -OCH3 is 1. The average Bonchev–Trinajstić information content (AvgIpc) is 2.59. The van der Waals surface area contributed by atoms with Crippen LogP contribution in [0.3, 0.4) is 0 Å². The molecule has 0 amide bonds. The van der Waals surface area contributed by atoms with Gasteiger partial charge in [-0.2, -0.15) is 0 Å². The van der Waals surface area contributed by atoms with Crippen molar-refractivity contribution in [3.8, 4) is 0 Å². The topological polar surface area (TPSA) is 68.5 Å². The Kier molecular flexibility index (Phi) is 4.34. The van der Waals surface area contributed by atoms with E-state index in [-0.39, 0.29) is 11.6 Å². The molecule has 0 aromatic carbocycles. The van der Waals surface area contributed by atoms with Crippen molar-refractivity contribution < 1.29 is 19.4 Å². The van der Waals surface area contributed by atoms with Gasteiger partial charge in [-0.05, 0) is 27.9 Å². The molecule has 0 bridgehead atoms. The van der Waals surface area contributed by atoms with Gasteiger partial charge < -0.3 is 14.4 Å². The van der Waals surface area contributed by atoms with Crippen LogP contribution in [0.1, 0.15) is 30.4 Å². The molecule has 5 nitrogen and oxygen atoms in total. The van der Waals surface area contributed by atoms with Gasteiger partial charge in [-0.25, -0.2) is 9.59 Å². The molecule has 17 heavy (non-hydrogen) atoms. The lowest BCUT2D eigenvalue weighted by Gasteiger charge is -2.21. The van der Waals surface area contributed by atoms with Gasteiger partial charge in [0.2, 0.25) is 0 Å². The third-order valence-corrected chi connectivity index (χ3v) is 2.84. The molecule has 1 rings (SSSR count). The second-order valence-electron chi connectivity index (χ2n) is 3.97. The van der Waals surface area contributed by atoms with Gasteiger partial charge in [-0.1, -0.05) is 13.8 Å². The Balaban J connectivity index is 3.27. The predicted octanol–water partition coefficient (Wildman–Crippen LogP) is 2.32. The first-order valence-corrected chi connectivity index (χ1v) is 5.86. The number of carbonyl (C=O) groups excluding carboxylic acids is 1. The van der Waals surface area contributed by atoms with Crippen LogP contribution in [0.25, 0.3) is 0 Å². The second-order valence-corrected chi connectivity index (χ2v) is 4.88. The highest BCUT2D eigenvalue weighted by molar-refractivity contribution is 9.10. The number of nitrogens with zero attached hydrogens (tertiary/aromatic N) is 1. The van der Waals surface area contributed by atoms with Crippen molar-refractivity contribution >= 4 is 27.9 Å². The zero-order valence-corrected chi connectivity index (χ0v) is 11.4. The van der Waals surface area contributed by atoms with Crippen LogP contribution in [0.15, 0.2) is 16.7 Å². The molecule has 0 aliphatic carbocycles. The fraction of sp³-hybridized carbons (Fsp3) is 0.455. The van der Waals surface area contributed by atoms with Crippen LogP contribution >= 0.6 is 15.9 Å². The molecule has 94 valence electrons. The predicted molar refractivity (Wildman–Crippen MR) is 65.0 cm³/mol.